The van der Waals surface area contributed by atoms with Crippen molar-refractivity contribution in [1.29, 1.82) is 0 Å². The number of likely N-dealkylation sites (tertiary alicyclic amines) is 1. The molecule has 0 aliphatic carbocycles. The molecule has 27 heavy (non-hydrogen) atoms. The molecule has 0 spiro atoms. The molecule has 0 saturated carbocycles. The molecule has 1 aliphatic rings. The molecular formula is C21H24FN3O2. The lowest BCUT2D eigenvalue weighted by Gasteiger charge is -2.18. The van der Waals surface area contributed by atoms with Gasteiger partial charge in [-0.15, -0.1) is 0 Å². The summed E-state index contributed by atoms with van der Waals surface area (Å²) >= 11 is 0. The summed E-state index contributed by atoms with van der Waals surface area (Å²) in [6.07, 6.45) is 1.68. The van der Waals surface area contributed by atoms with Crippen LogP contribution in [0.25, 0.3) is 0 Å². The van der Waals surface area contributed by atoms with Crippen LogP contribution in [0, 0.1) is 17.7 Å². The van der Waals surface area contributed by atoms with Gasteiger partial charge in [-0.1, -0.05) is 32.0 Å². The smallest absolute Gasteiger partial charge is 0.225 e. The van der Waals surface area contributed by atoms with Gasteiger partial charge in [0.05, 0.1) is 18.2 Å². The van der Waals surface area contributed by atoms with E-state index in [1.807, 2.05) is 38.1 Å². The Balaban J connectivity index is 1.78. The van der Waals surface area contributed by atoms with Gasteiger partial charge in [-0.2, -0.15) is 0 Å². The first-order valence-corrected chi connectivity index (χ1v) is 9.17. The molecule has 2 aromatic rings. The van der Waals surface area contributed by atoms with Gasteiger partial charge in [0.25, 0.3) is 0 Å². The first-order valence-electron chi connectivity index (χ1n) is 9.17. The van der Waals surface area contributed by atoms with E-state index in [1.165, 1.54) is 12.1 Å². The number of hydrogen-bond donors (Lipinski definition) is 1. The molecule has 1 N–H and O–H groups in total. The van der Waals surface area contributed by atoms with E-state index in [2.05, 4.69) is 10.3 Å². The predicted molar refractivity (Wildman–Crippen MR) is 100 cm³/mol. The van der Waals surface area contributed by atoms with Crippen molar-refractivity contribution in [3.8, 4) is 0 Å². The van der Waals surface area contributed by atoms with Crippen LogP contribution in [0.4, 0.5) is 4.39 Å². The Morgan fingerprint density at radius 3 is 2.70 bits per heavy atom. The molecule has 0 bridgehead atoms. The second-order valence-electron chi connectivity index (χ2n) is 7.20. The molecule has 1 aliphatic heterocycles. The monoisotopic (exact) mass is 369 g/mol. The number of aromatic nitrogens is 1. The zero-order valence-electron chi connectivity index (χ0n) is 15.6. The molecule has 1 fully saturated rings. The SMILES string of the molecule is CC(C)C(=O)N1C[C@H](c2cccc(F)c2)[C@H](C(=O)NCc2ccccn2)C1. The van der Waals surface area contributed by atoms with Crippen molar-refractivity contribution in [2.24, 2.45) is 11.8 Å². The van der Waals surface area contributed by atoms with E-state index in [-0.39, 0.29) is 29.5 Å². The van der Waals surface area contributed by atoms with Crippen LogP contribution in [0.5, 0.6) is 0 Å². The Hall–Kier alpha value is -2.76. The average molecular weight is 369 g/mol. The van der Waals surface area contributed by atoms with E-state index in [4.69, 9.17) is 0 Å². The Morgan fingerprint density at radius 1 is 1.22 bits per heavy atom. The molecule has 1 aromatic carbocycles. The highest BCUT2D eigenvalue weighted by Crippen LogP contribution is 2.34. The van der Waals surface area contributed by atoms with Gasteiger partial charge in [0.15, 0.2) is 0 Å². The van der Waals surface area contributed by atoms with Crippen LogP contribution in [-0.2, 0) is 16.1 Å². The highest BCUT2D eigenvalue weighted by molar-refractivity contribution is 5.84. The Morgan fingerprint density at radius 2 is 2.04 bits per heavy atom. The quantitative estimate of drug-likeness (QED) is 0.882. The fraction of sp³-hybridized carbons (Fsp3) is 0.381. The van der Waals surface area contributed by atoms with E-state index in [1.54, 1.807) is 17.2 Å². The van der Waals surface area contributed by atoms with Crippen LogP contribution in [0.2, 0.25) is 0 Å². The van der Waals surface area contributed by atoms with Crippen LogP contribution < -0.4 is 5.32 Å². The van der Waals surface area contributed by atoms with Crippen LogP contribution in [0.1, 0.15) is 31.0 Å². The number of nitrogens with zero attached hydrogens (tertiary/aromatic N) is 2. The van der Waals surface area contributed by atoms with Crippen LogP contribution in [0.3, 0.4) is 0 Å². The van der Waals surface area contributed by atoms with E-state index >= 15 is 0 Å². The lowest BCUT2D eigenvalue weighted by Crippen LogP contribution is -2.36. The fourth-order valence-electron chi connectivity index (χ4n) is 3.50. The number of halogens is 1. The van der Waals surface area contributed by atoms with Crippen molar-refractivity contribution in [2.75, 3.05) is 13.1 Å². The number of carbonyl (C=O) groups is 2. The second-order valence-corrected chi connectivity index (χ2v) is 7.20. The van der Waals surface area contributed by atoms with Gasteiger partial charge in [-0.3, -0.25) is 14.6 Å². The van der Waals surface area contributed by atoms with E-state index in [0.717, 1.165) is 11.3 Å². The molecule has 1 aromatic heterocycles. The zero-order valence-corrected chi connectivity index (χ0v) is 15.6. The largest absolute Gasteiger partial charge is 0.350 e. The van der Waals surface area contributed by atoms with Crippen molar-refractivity contribution in [3.63, 3.8) is 0 Å². The van der Waals surface area contributed by atoms with Gasteiger partial charge < -0.3 is 10.2 Å². The van der Waals surface area contributed by atoms with Gasteiger partial charge in [0.1, 0.15) is 5.82 Å². The summed E-state index contributed by atoms with van der Waals surface area (Å²) in [5.74, 6) is -1.27. The third-order valence-electron chi connectivity index (χ3n) is 4.91. The third-order valence-corrected chi connectivity index (χ3v) is 4.91. The van der Waals surface area contributed by atoms with Crippen molar-refractivity contribution in [1.82, 2.24) is 15.2 Å². The minimum absolute atomic E-state index is 0.0106. The number of rotatable bonds is 5. The lowest BCUT2D eigenvalue weighted by atomic mass is 9.88. The maximum absolute atomic E-state index is 13.7. The molecule has 2 amide bonds. The number of nitrogens with one attached hydrogen (secondary N) is 1. The molecule has 0 unspecified atom stereocenters. The van der Waals surface area contributed by atoms with Crippen LogP contribution in [0.15, 0.2) is 48.7 Å². The van der Waals surface area contributed by atoms with Crippen molar-refractivity contribution in [2.45, 2.75) is 26.3 Å². The van der Waals surface area contributed by atoms with Crippen LogP contribution >= 0.6 is 0 Å². The van der Waals surface area contributed by atoms with Gasteiger partial charge in [0.2, 0.25) is 11.8 Å². The third kappa shape index (κ3) is 4.51. The van der Waals surface area contributed by atoms with Gasteiger partial charge >= 0.3 is 0 Å². The maximum atomic E-state index is 13.7. The number of hydrogen-bond acceptors (Lipinski definition) is 3. The summed E-state index contributed by atoms with van der Waals surface area (Å²) in [6, 6.07) is 11.8. The molecule has 2 heterocycles. The highest BCUT2D eigenvalue weighted by atomic mass is 19.1. The molecule has 6 heteroatoms. The standard InChI is InChI=1S/C21H24FN3O2/c1-14(2)21(27)25-12-18(15-6-5-7-16(22)10-15)19(13-25)20(26)24-11-17-8-3-4-9-23-17/h3-10,14,18-19H,11-13H2,1-2H3,(H,24,26)/t18-,19-/m1/s1. The van der Waals surface area contributed by atoms with Crippen molar-refractivity contribution >= 4 is 11.8 Å². The summed E-state index contributed by atoms with van der Waals surface area (Å²) in [6.45, 7) is 4.76. The fourth-order valence-corrected chi connectivity index (χ4v) is 3.50. The highest BCUT2D eigenvalue weighted by Gasteiger charge is 2.40. The Bertz CT molecular complexity index is 810. The molecule has 2 atom stereocenters. The maximum Gasteiger partial charge on any atom is 0.225 e. The van der Waals surface area contributed by atoms with Gasteiger partial charge in [0, 0.05) is 31.1 Å². The minimum Gasteiger partial charge on any atom is -0.350 e. The first-order chi connectivity index (χ1) is 13.0. The average Bonchev–Trinajstić information content (AvgIpc) is 3.11. The number of benzene rings is 1. The van der Waals surface area contributed by atoms with Gasteiger partial charge in [-0.05, 0) is 29.8 Å². The van der Waals surface area contributed by atoms with Crippen molar-refractivity contribution < 1.29 is 14.0 Å². The Labute approximate surface area is 158 Å². The topological polar surface area (TPSA) is 62.3 Å². The molecule has 142 valence electrons. The van der Waals surface area contributed by atoms with Crippen LogP contribution in [-0.4, -0.2) is 34.8 Å². The van der Waals surface area contributed by atoms with E-state index < -0.39 is 5.92 Å². The van der Waals surface area contributed by atoms with E-state index in [9.17, 15) is 14.0 Å². The minimum atomic E-state index is -0.418. The number of amides is 2. The Kier molecular flexibility index (Phi) is 5.84. The number of carbonyl (C=O) groups excluding carboxylic acids is 2. The summed E-state index contributed by atoms with van der Waals surface area (Å²) < 4.78 is 13.7. The molecular weight excluding hydrogens is 345 g/mol. The number of pyridine rings is 1. The lowest BCUT2D eigenvalue weighted by molar-refractivity contribution is -0.133. The summed E-state index contributed by atoms with van der Waals surface area (Å²) in [4.78, 5) is 31.2. The normalized spacial score (nSPS) is 19.3. The zero-order chi connectivity index (χ0) is 19.4. The first kappa shape index (κ1) is 19.0. The molecule has 1 saturated heterocycles. The summed E-state index contributed by atoms with van der Waals surface area (Å²) in [5, 5.41) is 2.91. The second kappa shape index (κ2) is 8.29. The molecule has 5 nitrogen and oxygen atoms in total. The molecule has 0 radical (unpaired) electrons. The summed E-state index contributed by atoms with van der Waals surface area (Å²) in [5.41, 5.74) is 1.51. The predicted octanol–water partition coefficient (Wildman–Crippen LogP) is 2.74. The van der Waals surface area contributed by atoms with Crippen molar-refractivity contribution in [3.05, 3.63) is 65.7 Å². The molecule has 3 rings (SSSR count). The summed E-state index contributed by atoms with van der Waals surface area (Å²) in [7, 11) is 0. The van der Waals surface area contributed by atoms with Gasteiger partial charge in [-0.25, -0.2) is 4.39 Å². The van der Waals surface area contributed by atoms with E-state index in [0.29, 0.717) is 19.6 Å².